The molecule has 1 aliphatic carbocycles. The highest BCUT2D eigenvalue weighted by atomic mass is 79.9. The van der Waals surface area contributed by atoms with E-state index in [1.54, 1.807) is 0 Å². The molecule has 1 aromatic carbocycles. The lowest BCUT2D eigenvalue weighted by molar-refractivity contribution is -0.138. The van der Waals surface area contributed by atoms with E-state index in [4.69, 9.17) is 10.5 Å². The number of anilines is 2. The Morgan fingerprint density at radius 2 is 1.83 bits per heavy atom. The predicted molar refractivity (Wildman–Crippen MR) is 119 cm³/mol. The van der Waals surface area contributed by atoms with Gasteiger partial charge in [-0.05, 0) is 64.0 Å². The zero-order valence-corrected chi connectivity index (χ0v) is 19.4. The number of nitrogens with zero attached hydrogens (tertiary/aromatic N) is 1. The van der Waals surface area contributed by atoms with Crippen molar-refractivity contribution in [2.24, 2.45) is 0 Å². The standard InChI is InChI=1S/C22H33BrF3N3O/c1-3-12-30-16-4-8-21(2,9-5-16)29-10-6-15(7-11-29)28-20-14-18(23)17(13-19(20)27)22(24,25)26/h13-16,28H,3-12,27H2,1-2H3/t16-,21-. The molecule has 0 amide bonds. The maximum Gasteiger partial charge on any atom is 0.417 e. The predicted octanol–water partition coefficient (Wildman–Crippen LogP) is 6.05. The van der Waals surface area contributed by atoms with E-state index in [1.165, 1.54) is 6.07 Å². The summed E-state index contributed by atoms with van der Waals surface area (Å²) in [7, 11) is 0. The first-order valence-electron chi connectivity index (χ1n) is 10.9. The van der Waals surface area contributed by atoms with Crippen LogP contribution in [-0.2, 0) is 10.9 Å². The number of hydrogen-bond donors (Lipinski definition) is 2. The van der Waals surface area contributed by atoms with Crippen LogP contribution < -0.4 is 11.1 Å². The molecular formula is C22H33BrF3N3O. The van der Waals surface area contributed by atoms with Gasteiger partial charge in [0.2, 0.25) is 0 Å². The minimum atomic E-state index is -4.42. The van der Waals surface area contributed by atoms with Crippen molar-refractivity contribution in [3.05, 3.63) is 22.2 Å². The molecule has 4 nitrogen and oxygen atoms in total. The average molecular weight is 492 g/mol. The lowest BCUT2D eigenvalue weighted by Crippen LogP contribution is -2.53. The number of nitrogens with one attached hydrogen (secondary N) is 1. The fraction of sp³-hybridized carbons (Fsp3) is 0.727. The normalized spacial score (nSPS) is 26.7. The number of nitrogens with two attached hydrogens (primary N) is 1. The molecule has 0 atom stereocenters. The molecule has 3 rings (SSSR count). The van der Waals surface area contributed by atoms with E-state index in [2.05, 4.69) is 40.0 Å². The van der Waals surface area contributed by atoms with Crippen LogP contribution in [0.25, 0.3) is 0 Å². The number of nitrogen functional groups attached to an aromatic ring is 1. The lowest BCUT2D eigenvalue weighted by atomic mass is 9.79. The molecule has 8 heteroatoms. The van der Waals surface area contributed by atoms with Crippen LogP contribution in [-0.4, -0.2) is 42.3 Å². The molecule has 2 fully saturated rings. The van der Waals surface area contributed by atoms with Crippen LogP contribution in [0, 0.1) is 0 Å². The molecule has 1 saturated carbocycles. The van der Waals surface area contributed by atoms with Gasteiger partial charge in [0.1, 0.15) is 0 Å². The fourth-order valence-electron chi connectivity index (χ4n) is 4.70. The van der Waals surface area contributed by atoms with Gasteiger partial charge in [-0.3, -0.25) is 4.90 Å². The second-order valence-corrected chi connectivity index (χ2v) is 9.74. The second-order valence-electron chi connectivity index (χ2n) is 8.89. The van der Waals surface area contributed by atoms with Crippen LogP contribution in [0.1, 0.15) is 64.4 Å². The first-order chi connectivity index (χ1) is 14.1. The lowest BCUT2D eigenvalue weighted by Gasteiger charge is -2.48. The highest BCUT2D eigenvalue weighted by molar-refractivity contribution is 9.10. The third-order valence-corrected chi connectivity index (χ3v) is 7.29. The van der Waals surface area contributed by atoms with Crippen LogP contribution in [0.4, 0.5) is 24.5 Å². The van der Waals surface area contributed by atoms with Gasteiger partial charge in [0.15, 0.2) is 0 Å². The molecule has 3 N–H and O–H groups in total. The van der Waals surface area contributed by atoms with Crippen LogP contribution >= 0.6 is 15.9 Å². The maximum atomic E-state index is 13.0. The van der Waals surface area contributed by atoms with E-state index in [9.17, 15) is 13.2 Å². The molecule has 0 bridgehead atoms. The second kappa shape index (κ2) is 9.65. The van der Waals surface area contributed by atoms with Gasteiger partial charge >= 0.3 is 6.18 Å². The molecule has 170 valence electrons. The SMILES string of the molecule is CCCO[C@H]1CC[C@](C)(N2CCC(Nc3cc(Br)c(C(F)(F)F)cc3N)CC2)CC1. The Bertz CT molecular complexity index is 712. The van der Waals surface area contributed by atoms with Gasteiger partial charge in [0, 0.05) is 35.7 Å². The van der Waals surface area contributed by atoms with Crippen molar-refractivity contribution in [2.45, 2.75) is 82.7 Å². The van der Waals surface area contributed by atoms with E-state index in [0.717, 1.165) is 70.7 Å². The first kappa shape index (κ1) is 23.7. The molecule has 1 aliphatic heterocycles. The van der Waals surface area contributed by atoms with Crippen LogP contribution in [0.3, 0.4) is 0 Å². The highest BCUT2D eigenvalue weighted by Gasteiger charge is 2.38. The third-order valence-electron chi connectivity index (χ3n) is 6.63. The number of benzene rings is 1. The zero-order chi connectivity index (χ0) is 21.9. The molecule has 1 aromatic rings. The summed E-state index contributed by atoms with van der Waals surface area (Å²) in [6.45, 7) is 7.32. The van der Waals surface area contributed by atoms with Gasteiger partial charge in [-0.25, -0.2) is 0 Å². The summed E-state index contributed by atoms with van der Waals surface area (Å²) < 4.78 is 45.1. The number of halogens is 4. The quantitative estimate of drug-likeness (QED) is 0.475. The molecule has 0 radical (unpaired) electrons. The number of rotatable bonds is 6. The maximum absolute atomic E-state index is 13.0. The highest BCUT2D eigenvalue weighted by Crippen LogP contribution is 2.40. The Kier molecular flexibility index (Phi) is 7.62. The minimum absolute atomic E-state index is 0.0127. The molecule has 30 heavy (non-hydrogen) atoms. The number of hydrogen-bond acceptors (Lipinski definition) is 4. The van der Waals surface area contributed by atoms with Gasteiger partial charge in [0.25, 0.3) is 0 Å². The Balaban J connectivity index is 1.53. The number of likely N-dealkylation sites (tertiary alicyclic amines) is 1. The van der Waals surface area contributed by atoms with Crippen molar-refractivity contribution in [1.29, 1.82) is 0 Å². The van der Waals surface area contributed by atoms with Gasteiger partial charge < -0.3 is 15.8 Å². The van der Waals surface area contributed by atoms with Crippen LogP contribution in [0.5, 0.6) is 0 Å². The smallest absolute Gasteiger partial charge is 0.397 e. The fourth-order valence-corrected chi connectivity index (χ4v) is 5.26. The van der Waals surface area contributed by atoms with Gasteiger partial charge in [-0.15, -0.1) is 0 Å². The molecular weight excluding hydrogens is 459 g/mol. The Morgan fingerprint density at radius 1 is 1.20 bits per heavy atom. The van der Waals surface area contributed by atoms with Crippen molar-refractivity contribution in [3.63, 3.8) is 0 Å². The first-order valence-corrected chi connectivity index (χ1v) is 11.7. The Morgan fingerprint density at radius 3 is 2.40 bits per heavy atom. The van der Waals surface area contributed by atoms with Gasteiger partial charge in [-0.2, -0.15) is 13.2 Å². The van der Waals surface area contributed by atoms with E-state index < -0.39 is 11.7 Å². The number of alkyl halides is 3. The Hall–Kier alpha value is -0.990. The molecule has 2 aliphatic rings. The minimum Gasteiger partial charge on any atom is -0.397 e. The molecule has 1 heterocycles. The topological polar surface area (TPSA) is 50.5 Å². The summed E-state index contributed by atoms with van der Waals surface area (Å²) in [6, 6.07) is 2.66. The van der Waals surface area contributed by atoms with E-state index in [-0.39, 0.29) is 21.7 Å². The van der Waals surface area contributed by atoms with Crippen molar-refractivity contribution in [3.8, 4) is 0 Å². The number of piperidine rings is 1. The van der Waals surface area contributed by atoms with Crippen molar-refractivity contribution < 1.29 is 17.9 Å². The summed E-state index contributed by atoms with van der Waals surface area (Å²) in [5, 5.41) is 3.37. The summed E-state index contributed by atoms with van der Waals surface area (Å²) in [5.74, 6) is 0. The summed E-state index contributed by atoms with van der Waals surface area (Å²) in [6.07, 6.45) is 3.47. The molecule has 0 aromatic heterocycles. The average Bonchev–Trinajstić information content (AvgIpc) is 2.70. The summed E-state index contributed by atoms with van der Waals surface area (Å²) in [4.78, 5) is 2.59. The summed E-state index contributed by atoms with van der Waals surface area (Å²) >= 11 is 3.04. The molecule has 0 spiro atoms. The van der Waals surface area contributed by atoms with Crippen LogP contribution in [0.2, 0.25) is 0 Å². The van der Waals surface area contributed by atoms with Crippen LogP contribution in [0.15, 0.2) is 16.6 Å². The van der Waals surface area contributed by atoms with E-state index in [0.29, 0.717) is 11.8 Å². The zero-order valence-electron chi connectivity index (χ0n) is 17.8. The molecule has 1 saturated heterocycles. The van der Waals surface area contributed by atoms with E-state index >= 15 is 0 Å². The van der Waals surface area contributed by atoms with Crippen molar-refractivity contribution >= 4 is 27.3 Å². The van der Waals surface area contributed by atoms with E-state index in [1.807, 2.05) is 0 Å². The van der Waals surface area contributed by atoms with Crippen molar-refractivity contribution in [1.82, 2.24) is 4.90 Å². The molecule has 0 unspecified atom stereocenters. The Labute approximate surface area is 185 Å². The third kappa shape index (κ3) is 5.62. The largest absolute Gasteiger partial charge is 0.417 e. The number of ether oxygens (including phenoxy) is 1. The van der Waals surface area contributed by atoms with Gasteiger partial charge in [0.05, 0.1) is 23.0 Å². The van der Waals surface area contributed by atoms with Crippen molar-refractivity contribution in [2.75, 3.05) is 30.7 Å². The monoisotopic (exact) mass is 491 g/mol. The van der Waals surface area contributed by atoms with Gasteiger partial charge in [-0.1, -0.05) is 22.9 Å². The summed E-state index contributed by atoms with van der Waals surface area (Å²) in [5.41, 5.74) is 6.08.